The van der Waals surface area contributed by atoms with Crippen molar-refractivity contribution in [2.24, 2.45) is 29.1 Å². The van der Waals surface area contributed by atoms with Crippen LogP contribution in [0.3, 0.4) is 0 Å². The number of amides is 4. The Hall–Kier alpha value is -5.12. The van der Waals surface area contributed by atoms with Crippen molar-refractivity contribution in [1.29, 1.82) is 0 Å². The molecule has 1 aromatic heterocycles. The van der Waals surface area contributed by atoms with Crippen LogP contribution in [0.4, 0.5) is 0 Å². The number of nitrogens with zero attached hydrogens (tertiary/aromatic N) is 3. The Morgan fingerprint density at radius 3 is 2.43 bits per heavy atom. The van der Waals surface area contributed by atoms with E-state index in [1.54, 1.807) is 6.08 Å². The highest BCUT2D eigenvalue weighted by Crippen LogP contribution is 2.57. The summed E-state index contributed by atoms with van der Waals surface area (Å²) >= 11 is 0. The lowest BCUT2D eigenvalue weighted by Crippen LogP contribution is -2.47. The van der Waals surface area contributed by atoms with E-state index in [2.05, 4.69) is 17.4 Å². The molecule has 65 heavy (non-hydrogen) atoms. The number of allylic oxidation sites excluding steroid dienone is 3. The fourth-order valence-corrected chi connectivity index (χ4v) is 12.6. The maximum atomic E-state index is 15.2. The van der Waals surface area contributed by atoms with Gasteiger partial charge in [0.2, 0.25) is 39.5 Å². The van der Waals surface area contributed by atoms with E-state index >= 15 is 4.79 Å². The van der Waals surface area contributed by atoms with Gasteiger partial charge in [-0.1, -0.05) is 43.2 Å². The third-order valence-electron chi connectivity index (χ3n) is 15.1. The first-order valence-electron chi connectivity index (χ1n) is 23.8. The molecule has 4 aliphatic carbocycles. The van der Waals surface area contributed by atoms with Gasteiger partial charge in [0.25, 0.3) is 0 Å². The molecule has 4 saturated carbocycles. The molecule has 6 fully saturated rings. The number of aromatic nitrogens is 1. The largest absolute Gasteiger partial charge is 0.491 e. The van der Waals surface area contributed by atoms with Crippen LogP contribution < -0.4 is 14.2 Å². The Kier molecular flexibility index (Phi) is 12.9. The minimum absolute atomic E-state index is 0.00247. The van der Waals surface area contributed by atoms with Gasteiger partial charge in [-0.3, -0.25) is 38.4 Å². The van der Waals surface area contributed by atoms with Gasteiger partial charge in [-0.25, -0.2) is 13.4 Å². The summed E-state index contributed by atoms with van der Waals surface area (Å²) in [7, 11) is -3.90. The number of nitrogens with one attached hydrogen (secondary N) is 1. The molecule has 0 radical (unpaired) electrons. The van der Waals surface area contributed by atoms with Gasteiger partial charge in [-0.2, -0.15) is 0 Å². The summed E-state index contributed by atoms with van der Waals surface area (Å²) in [4.78, 5) is 90.4. The van der Waals surface area contributed by atoms with Crippen molar-refractivity contribution in [2.45, 2.75) is 139 Å². The molecule has 9 rings (SSSR count). The van der Waals surface area contributed by atoms with E-state index in [9.17, 15) is 32.4 Å². The molecule has 348 valence electrons. The molecule has 2 bridgehead atoms. The van der Waals surface area contributed by atoms with Crippen molar-refractivity contribution in [2.75, 3.05) is 19.7 Å². The maximum absolute atomic E-state index is 15.2. The summed E-state index contributed by atoms with van der Waals surface area (Å²) < 4.78 is 47.7. The lowest BCUT2D eigenvalue weighted by Gasteiger charge is -2.31. The number of esters is 1. The number of Topliss-reactive ketones (excluding diaryl/α,β-unsaturated/α-hetero) is 1. The predicted molar refractivity (Wildman–Crippen MR) is 238 cm³/mol. The molecule has 3 aliphatic heterocycles. The van der Waals surface area contributed by atoms with Crippen LogP contribution in [-0.4, -0.2) is 102 Å². The molecule has 7 atom stereocenters. The summed E-state index contributed by atoms with van der Waals surface area (Å²) in [6.45, 7) is 3.99. The maximum Gasteiger partial charge on any atom is 0.306 e. The quantitative estimate of drug-likeness (QED) is 0.156. The molecule has 7 aliphatic rings. The van der Waals surface area contributed by atoms with Gasteiger partial charge in [0, 0.05) is 31.1 Å². The molecule has 2 saturated heterocycles. The first-order chi connectivity index (χ1) is 31.3. The fraction of sp³-hybridized carbons (Fsp3) is 0.612. The van der Waals surface area contributed by atoms with Gasteiger partial charge < -0.3 is 19.1 Å². The highest BCUT2D eigenvalue weighted by atomic mass is 32.2. The summed E-state index contributed by atoms with van der Waals surface area (Å²) in [6.07, 6.45) is 13.8. The van der Waals surface area contributed by atoms with Crippen LogP contribution in [0.2, 0.25) is 0 Å². The first-order valence-corrected chi connectivity index (χ1v) is 25.3. The van der Waals surface area contributed by atoms with E-state index in [4.69, 9.17) is 19.2 Å². The van der Waals surface area contributed by atoms with Gasteiger partial charge in [0.15, 0.2) is 5.78 Å². The third-order valence-corrected chi connectivity index (χ3v) is 16.9. The van der Waals surface area contributed by atoms with Crippen molar-refractivity contribution in [3.63, 3.8) is 0 Å². The van der Waals surface area contributed by atoms with Gasteiger partial charge in [-0.15, -0.1) is 6.58 Å². The Balaban J connectivity index is 1.07. The number of carbonyl (C=O) groups is 6. The van der Waals surface area contributed by atoms with E-state index in [0.29, 0.717) is 41.5 Å². The van der Waals surface area contributed by atoms with Crippen LogP contribution >= 0.6 is 0 Å². The van der Waals surface area contributed by atoms with Crippen LogP contribution in [-0.2, 0) is 49.9 Å². The zero-order chi connectivity index (χ0) is 45.5. The number of imide groups is 1. The minimum Gasteiger partial charge on any atom is -0.491 e. The number of hydrogen-bond acceptors (Lipinski definition) is 12. The number of likely N-dealkylation sites (tertiary alicyclic amines) is 1. The Morgan fingerprint density at radius 2 is 1.69 bits per heavy atom. The molecular formula is C49H60N4O11S. The predicted octanol–water partition coefficient (Wildman–Crippen LogP) is 5.67. The third kappa shape index (κ3) is 9.46. The van der Waals surface area contributed by atoms with Crippen molar-refractivity contribution in [1.82, 2.24) is 19.5 Å². The average molecular weight is 913 g/mol. The van der Waals surface area contributed by atoms with Gasteiger partial charge in [-0.05, 0) is 101 Å². The van der Waals surface area contributed by atoms with Crippen LogP contribution in [0.1, 0.15) is 115 Å². The number of hydrogen-bond donors (Lipinski definition) is 1. The second-order valence-electron chi connectivity index (χ2n) is 19.4. The average Bonchev–Trinajstić information content (AvgIpc) is 4.00. The number of fused-ring (bicyclic) bond motifs is 5. The summed E-state index contributed by atoms with van der Waals surface area (Å²) in [5, 5.41) is 0.0795. The standard InChI is InChI=1S/C49H60N4O11S/c1-2-32-27-49(32,48(59)51-65(60,61)34-19-20-34)28-40(54)39-25-33-29-53(39)47(58)37(30-11-6-7-12-30)26-44(57)64-41-18-10-14-31(41)13-4-3-5-16-36-45(62-24-23-52-42(55)21-22-43(52)56)35-15-8-9-17-38(35)50-46(36)63-33/h2-3,5,8-9,15,17,30-34,37,39,41H,1,4,6-7,10-14,16,18-29H2,(H,51,59)/b5-3+/t31-,32?,33-,37+,39+,41-,49-/m1/s1. The zero-order valence-electron chi connectivity index (χ0n) is 37.0. The Labute approximate surface area is 380 Å². The molecule has 1 aromatic carbocycles. The highest BCUT2D eigenvalue weighted by Gasteiger charge is 2.61. The number of ketones is 1. The topological polar surface area (TPSA) is 196 Å². The molecular weight excluding hydrogens is 853 g/mol. The monoisotopic (exact) mass is 912 g/mol. The fourth-order valence-electron chi connectivity index (χ4n) is 11.2. The molecule has 0 spiro atoms. The molecule has 4 heterocycles. The van der Waals surface area contributed by atoms with Crippen LogP contribution in [0.15, 0.2) is 49.1 Å². The second kappa shape index (κ2) is 18.6. The molecule has 2 aromatic rings. The Bertz CT molecular complexity index is 2380. The lowest BCUT2D eigenvalue weighted by molar-refractivity contribution is -0.156. The van der Waals surface area contributed by atoms with Crippen LogP contribution in [0, 0.1) is 29.1 Å². The number of carbonyl (C=O) groups excluding carboxylic acids is 6. The van der Waals surface area contributed by atoms with Gasteiger partial charge >= 0.3 is 5.97 Å². The van der Waals surface area contributed by atoms with Crippen LogP contribution in [0.25, 0.3) is 10.9 Å². The number of ether oxygens (including phenoxy) is 3. The van der Waals surface area contributed by atoms with E-state index in [-0.39, 0.29) is 99.8 Å². The molecule has 1 N–H and O–H groups in total. The molecule has 16 heteroatoms. The smallest absolute Gasteiger partial charge is 0.306 e. The summed E-state index contributed by atoms with van der Waals surface area (Å²) in [6, 6.07) is 6.41. The van der Waals surface area contributed by atoms with E-state index < -0.39 is 62.3 Å². The normalized spacial score (nSPS) is 30.5. The molecule has 1 unspecified atom stereocenters. The number of para-hydroxylation sites is 1. The van der Waals surface area contributed by atoms with Gasteiger partial charge in [0.05, 0.1) is 53.2 Å². The van der Waals surface area contributed by atoms with Crippen molar-refractivity contribution < 1.29 is 51.4 Å². The first kappa shape index (κ1) is 45.1. The van der Waals surface area contributed by atoms with Crippen molar-refractivity contribution in [3.05, 3.63) is 54.6 Å². The van der Waals surface area contributed by atoms with Crippen molar-refractivity contribution in [3.8, 4) is 11.6 Å². The lowest BCUT2D eigenvalue weighted by atomic mass is 9.86. The van der Waals surface area contributed by atoms with Gasteiger partial charge in [0.1, 0.15) is 24.6 Å². The SMILES string of the molecule is C=CC1C[C@]1(CC(=O)[C@@H]1C[C@@H]2CN1C(=O)[C@H](C1CCCC1)CC(=O)O[C@@H]1CCC[C@H]1CC/C=C/Cc1c(nc3ccccc3c1OCCN1C(=O)CCC1=O)O2)C(=O)NS(=O)(=O)C1CC1. The Morgan fingerprint density at radius 1 is 0.938 bits per heavy atom. The summed E-state index contributed by atoms with van der Waals surface area (Å²) in [5.74, 6) is -2.67. The second-order valence-corrected chi connectivity index (χ2v) is 21.3. The molecule has 4 amide bonds. The zero-order valence-corrected chi connectivity index (χ0v) is 37.8. The van der Waals surface area contributed by atoms with Crippen molar-refractivity contribution >= 4 is 56.3 Å². The molecule has 15 nitrogen and oxygen atoms in total. The number of sulfonamides is 1. The highest BCUT2D eigenvalue weighted by molar-refractivity contribution is 7.90. The van der Waals surface area contributed by atoms with E-state index in [0.717, 1.165) is 57.8 Å². The number of pyridine rings is 1. The number of rotatable bonds is 12. The van der Waals surface area contributed by atoms with E-state index in [1.165, 1.54) is 9.80 Å². The summed E-state index contributed by atoms with van der Waals surface area (Å²) in [5.41, 5.74) is -0.128. The number of benzene rings is 1. The minimum atomic E-state index is -3.90. The van der Waals surface area contributed by atoms with E-state index in [1.807, 2.05) is 30.3 Å². The van der Waals surface area contributed by atoms with Crippen LogP contribution in [0.5, 0.6) is 11.6 Å².